The Morgan fingerprint density at radius 3 is 2.73 bits per heavy atom. The number of aromatic nitrogens is 2. The molecule has 0 saturated carbocycles. The number of benzene rings is 1. The minimum atomic E-state index is 0.324. The lowest BCUT2D eigenvalue weighted by molar-refractivity contribution is 0.380. The Morgan fingerprint density at radius 1 is 1.27 bits per heavy atom. The van der Waals surface area contributed by atoms with Crippen molar-refractivity contribution < 1.29 is 4.74 Å². The van der Waals surface area contributed by atoms with Crippen LogP contribution in [0.15, 0.2) is 42.6 Å². The third-order valence-corrected chi connectivity index (χ3v) is 3.15. The summed E-state index contributed by atoms with van der Waals surface area (Å²) < 4.78 is 5.15. The number of nitrogens with two attached hydrogens (primary N) is 1. The minimum absolute atomic E-state index is 0.324. The van der Waals surface area contributed by atoms with E-state index in [-0.39, 0.29) is 0 Å². The second-order valence-electron chi connectivity index (χ2n) is 4.78. The summed E-state index contributed by atoms with van der Waals surface area (Å²) in [5.41, 5.74) is 5.44. The van der Waals surface area contributed by atoms with Crippen LogP contribution in [-0.4, -0.2) is 23.6 Å². The van der Waals surface area contributed by atoms with E-state index in [2.05, 4.69) is 32.8 Å². The van der Waals surface area contributed by atoms with Crippen molar-refractivity contribution in [2.24, 2.45) is 5.84 Å². The van der Waals surface area contributed by atoms with Crippen molar-refractivity contribution in [2.75, 3.05) is 19.0 Å². The van der Waals surface area contributed by atoms with Crippen LogP contribution >= 0.6 is 0 Å². The van der Waals surface area contributed by atoms with Crippen molar-refractivity contribution in [3.8, 4) is 6.01 Å². The molecule has 0 atom stereocenters. The van der Waals surface area contributed by atoms with Crippen molar-refractivity contribution in [3.05, 3.63) is 53.9 Å². The van der Waals surface area contributed by atoms with E-state index in [4.69, 9.17) is 10.6 Å². The van der Waals surface area contributed by atoms with Crippen LogP contribution < -0.4 is 21.3 Å². The molecule has 0 spiro atoms. The van der Waals surface area contributed by atoms with E-state index in [1.807, 2.05) is 31.2 Å². The van der Waals surface area contributed by atoms with Crippen LogP contribution in [0.5, 0.6) is 6.01 Å². The number of ether oxygens (including phenoxy) is 1. The number of nitrogens with zero attached hydrogens (tertiary/aromatic N) is 2. The third kappa shape index (κ3) is 4.46. The van der Waals surface area contributed by atoms with Gasteiger partial charge in [0, 0.05) is 18.8 Å². The zero-order valence-corrected chi connectivity index (χ0v) is 12.8. The van der Waals surface area contributed by atoms with Gasteiger partial charge < -0.3 is 15.5 Å². The van der Waals surface area contributed by atoms with Gasteiger partial charge in [0.15, 0.2) is 0 Å². The Hall–Kier alpha value is -2.60. The summed E-state index contributed by atoms with van der Waals surface area (Å²) in [6.45, 7) is 2.69. The largest absolute Gasteiger partial charge is 0.467 e. The molecule has 0 aliphatic heterocycles. The normalized spacial score (nSPS) is 11.1. The Morgan fingerprint density at radius 2 is 2.05 bits per heavy atom. The summed E-state index contributed by atoms with van der Waals surface area (Å²) in [6.07, 6.45) is 2.59. The summed E-state index contributed by atoms with van der Waals surface area (Å²) in [4.78, 5) is 8.60. The van der Waals surface area contributed by atoms with Gasteiger partial charge >= 0.3 is 6.01 Å². The van der Waals surface area contributed by atoms with Gasteiger partial charge in [-0.1, -0.05) is 30.3 Å². The maximum atomic E-state index is 5.30. The first kappa shape index (κ1) is 15.8. The zero-order valence-electron chi connectivity index (χ0n) is 12.8. The highest BCUT2D eigenvalue weighted by Crippen LogP contribution is 2.17. The zero-order chi connectivity index (χ0) is 15.8. The SMILES string of the molecule is COc1nc(NCCc2ccccc2)cc(/C(C)=C/NN)n1. The van der Waals surface area contributed by atoms with Gasteiger partial charge in [-0.05, 0) is 24.5 Å². The van der Waals surface area contributed by atoms with Crippen molar-refractivity contribution in [3.63, 3.8) is 0 Å². The lowest BCUT2D eigenvalue weighted by Crippen LogP contribution is -2.14. The monoisotopic (exact) mass is 299 g/mol. The van der Waals surface area contributed by atoms with Gasteiger partial charge in [0.2, 0.25) is 0 Å². The molecular weight excluding hydrogens is 278 g/mol. The van der Waals surface area contributed by atoms with Gasteiger partial charge in [-0.15, -0.1) is 0 Å². The molecule has 6 nitrogen and oxygen atoms in total. The topological polar surface area (TPSA) is 85.1 Å². The Labute approximate surface area is 130 Å². The van der Waals surface area contributed by atoms with Crippen molar-refractivity contribution in [1.29, 1.82) is 0 Å². The number of methoxy groups -OCH3 is 1. The van der Waals surface area contributed by atoms with E-state index in [0.717, 1.165) is 30.1 Å². The van der Waals surface area contributed by atoms with E-state index in [9.17, 15) is 0 Å². The molecule has 0 aliphatic rings. The van der Waals surface area contributed by atoms with E-state index in [0.29, 0.717) is 6.01 Å². The Kier molecular flexibility index (Phi) is 5.73. The number of allylic oxidation sites excluding steroid dienone is 1. The second-order valence-corrected chi connectivity index (χ2v) is 4.78. The average Bonchev–Trinajstić information content (AvgIpc) is 2.56. The molecule has 0 aliphatic carbocycles. The first-order valence-corrected chi connectivity index (χ1v) is 7.07. The molecule has 116 valence electrons. The van der Waals surface area contributed by atoms with Gasteiger partial charge in [-0.3, -0.25) is 5.84 Å². The van der Waals surface area contributed by atoms with E-state index in [1.165, 1.54) is 5.56 Å². The van der Waals surface area contributed by atoms with E-state index < -0.39 is 0 Å². The average molecular weight is 299 g/mol. The number of anilines is 1. The lowest BCUT2D eigenvalue weighted by atomic mass is 10.1. The molecule has 0 bridgehead atoms. The van der Waals surface area contributed by atoms with Gasteiger partial charge in [-0.25, -0.2) is 0 Å². The Bertz CT molecular complexity index is 628. The van der Waals surface area contributed by atoms with Crippen LogP contribution in [0.25, 0.3) is 5.57 Å². The molecule has 0 fully saturated rings. The molecule has 0 unspecified atom stereocenters. The van der Waals surface area contributed by atoms with Gasteiger partial charge in [0.25, 0.3) is 0 Å². The van der Waals surface area contributed by atoms with Gasteiger partial charge in [0.1, 0.15) is 5.82 Å². The fourth-order valence-electron chi connectivity index (χ4n) is 1.99. The third-order valence-electron chi connectivity index (χ3n) is 3.15. The summed E-state index contributed by atoms with van der Waals surface area (Å²) in [7, 11) is 1.55. The highest BCUT2D eigenvalue weighted by atomic mass is 16.5. The molecule has 2 aromatic rings. The standard InChI is InChI=1S/C16H21N5O/c1-12(11-19-17)14-10-15(21-16(20-14)22-2)18-9-8-13-6-4-3-5-7-13/h3-7,10-11,19H,8-9,17H2,1-2H3,(H,18,20,21)/b12-11+. The molecule has 6 heteroatoms. The molecule has 0 radical (unpaired) electrons. The molecule has 22 heavy (non-hydrogen) atoms. The first-order valence-electron chi connectivity index (χ1n) is 7.07. The highest BCUT2D eigenvalue weighted by molar-refractivity contribution is 5.62. The molecule has 1 heterocycles. The number of rotatable bonds is 7. The molecule has 1 aromatic carbocycles. The summed E-state index contributed by atoms with van der Waals surface area (Å²) >= 11 is 0. The summed E-state index contributed by atoms with van der Waals surface area (Å²) in [5.74, 6) is 6.03. The molecule has 4 N–H and O–H groups in total. The van der Waals surface area contributed by atoms with Crippen molar-refractivity contribution in [2.45, 2.75) is 13.3 Å². The predicted molar refractivity (Wildman–Crippen MR) is 88.2 cm³/mol. The molecule has 0 amide bonds. The smallest absolute Gasteiger partial charge is 0.318 e. The molecule has 1 aromatic heterocycles. The van der Waals surface area contributed by atoms with Crippen molar-refractivity contribution in [1.82, 2.24) is 15.4 Å². The molecular formula is C16H21N5O. The fourth-order valence-corrected chi connectivity index (χ4v) is 1.99. The second kappa shape index (κ2) is 7.99. The molecule has 0 saturated heterocycles. The van der Waals surface area contributed by atoms with Crippen LogP contribution in [0.2, 0.25) is 0 Å². The molecule has 2 rings (SSSR count). The van der Waals surface area contributed by atoms with Crippen LogP contribution in [0.1, 0.15) is 18.2 Å². The number of hydrogen-bond donors (Lipinski definition) is 3. The Balaban J connectivity index is 2.06. The maximum absolute atomic E-state index is 5.30. The van der Waals surface area contributed by atoms with Crippen LogP contribution in [0, 0.1) is 0 Å². The first-order chi connectivity index (χ1) is 10.7. The maximum Gasteiger partial charge on any atom is 0.318 e. The van der Waals surface area contributed by atoms with Crippen molar-refractivity contribution >= 4 is 11.4 Å². The van der Waals surface area contributed by atoms with Crippen LogP contribution in [0.3, 0.4) is 0 Å². The quantitative estimate of drug-likeness (QED) is 0.535. The fraction of sp³-hybridized carbons (Fsp3) is 0.250. The highest BCUT2D eigenvalue weighted by Gasteiger charge is 2.06. The number of hydrogen-bond acceptors (Lipinski definition) is 6. The van der Waals surface area contributed by atoms with Crippen LogP contribution in [0.4, 0.5) is 5.82 Å². The summed E-state index contributed by atoms with van der Waals surface area (Å²) in [5, 5.41) is 3.30. The van der Waals surface area contributed by atoms with Gasteiger partial charge in [0.05, 0.1) is 12.8 Å². The van der Waals surface area contributed by atoms with E-state index >= 15 is 0 Å². The van der Waals surface area contributed by atoms with Gasteiger partial charge in [-0.2, -0.15) is 9.97 Å². The number of nitrogens with one attached hydrogen (secondary N) is 2. The van der Waals surface area contributed by atoms with E-state index in [1.54, 1.807) is 13.3 Å². The lowest BCUT2D eigenvalue weighted by Gasteiger charge is -2.09. The number of hydrazine groups is 1. The summed E-state index contributed by atoms with van der Waals surface area (Å²) in [6, 6.07) is 12.5. The van der Waals surface area contributed by atoms with Crippen LogP contribution in [-0.2, 0) is 6.42 Å². The predicted octanol–water partition coefficient (Wildman–Crippen LogP) is 1.96. The minimum Gasteiger partial charge on any atom is -0.467 e.